The third-order valence-electron chi connectivity index (χ3n) is 2.10. The van der Waals surface area contributed by atoms with E-state index in [0.29, 0.717) is 26.1 Å². The Bertz CT molecular complexity index is 115. The minimum absolute atomic E-state index is 0.0521. The molecule has 1 saturated heterocycles. The molecule has 0 aromatic rings. The van der Waals surface area contributed by atoms with Crippen molar-refractivity contribution in [3.8, 4) is 0 Å². The molecule has 0 aliphatic carbocycles. The smallest absolute Gasteiger partial charge is 0.253 e. The van der Waals surface area contributed by atoms with Crippen LogP contribution < -0.4 is 5.73 Å². The topological polar surface area (TPSA) is 35.2 Å². The quantitative estimate of drug-likeness (QED) is 0.662. The highest BCUT2D eigenvalue weighted by Crippen LogP contribution is 2.20. The van der Waals surface area contributed by atoms with Gasteiger partial charge in [0, 0.05) is 13.2 Å². The van der Waals surface area contributed by atoms with E-state index < -0.39 is 12.5 Å². The van der Waals surface area contributed by atoms with E-state index in [4.69, 9.17) is 10.5 Å². The van der Waals surface area contributed by atoms with Crippen LogP contribution in [0.25, 0.3) is 0 Å². The molecule has 0 aromatic heterocycles. The summed E-state index contributed by atoms with van der Waals surface area (Å²) < 4.78 is 29.1. The first-order valence-electron chi connectivity index (χ1n) is 3.83. The number of hydrogen-bond donors (Lipinski definition) is 1. The van der Waals surface area contributed by atoms with Crippen LogP contribution in [0.2, 0.25) is 0 Å². The first-order valence-corrected chi connectivity index (χ1v) is 3.83. The first kappa shape index (κ1) is 8.87. The molecule has 1 aliphatic heterocycles. The fraction of sp³-hybridized carbons (Fsp3) is 1.00. The summed E-state index contributed by atoms with van der Waals surface area (Å²) in [7, 11) is 0. The zero-order valence-corrected chi connectivity index (χ0v) is 6.30. The van der Waals surface area contributed by atoms with Crippen LogP contribution in [0.3, 0.4) is 0 Å². The predicted octanol–water partition coefficient (Wildman–Crippen LogP) is 1.01. The largest absolute Gasteiger partial charge is 0.381 e. The Balaban J connectivity index is 2.32. The molecule has 1 atom stereocenters. The standard InChI is InChI=1S/C7H13F2NO/c8-7(9)6(10)5-1-3-11-4-2-5/h5-7H,1-4,10H2/t6-/m0/s1. The highest BCUT2D eigenvalue weighted by Gasteiger charge is 2.27. The van der Waals surface area contributed by atoms with Gasteiger partial charge in [-0.15, -0.1) is 0 Å². The van der Waals surface area contributed by atoms with Crippen LogP contribution in [0, 0.1) is 5.92 Å². The molecule has 4 heteroatoms. The molecule has 1 rings (SSSR count). The number of halogens is 2. The van der Waals surface area contributed by atoms with Gasteiger partial charge in [0.25, 0.3) is 6.43 Å². The molecule has 2 nitrogen and oxygen atoms in total. The first-order chi connectivity index (χ1) is 5.22. The molecule has 2 N–H and O–H groups in total. The lowest BCUT2D eigenvalue weighted by Gasteiger charge is -2.26. The van der Waals surface area contributed by atoms with Crippen molar-refractivity contribution in [2.24, 2.45) is 11.7 Å². The van der Waals surface area contributed by atoms with Crippen molar-refractivity contribution in [2.45, 2.75) is 25.3 Å². The van der Waals surface area contributed by atoms with Gasteiger partial charge < -0.3 is 10.5 Å². The van der Waals surface area contributed by atoms with Gasteiger partial charge in [-0.3, -0.25) is 0 Å². The van der Waals surface area contributed by atoms with E-state index in [2.05, 4.69) is 0 Å². The van der Waals surface area contributed by atoms with Crippen LogP contribution in [-0.4, -0.2) is 25.7 Å². The molecular formula is C7H13F2NO. The van der Waals surface area contributed by atoms with Gasteiger partial charge in [0.1, 0.15) is 0 Å². The van der Waals surface area contributed by atoms with E-state index in [1.165, 1.54) is 0 Å². The van der Waals surface area contributed by atoms with Gasteiger partial charge in [-0.25, -0.2) is 8.78 Å². The molecule has 1 aliphatic rings. The zero-order chi connectivity index (χ0) is 8.27. The average molecular weight is 165 g/mol. The fourth-order valence-electron chi connectivity index (χ4n) is 1.31. The van der Waals surface area contributed by atoms with Crippen molar-refractivity contribution in [1.29, 1.82) is 0 Å². The second kappa shape index (κ2) is 3.97. The van der Waals surface area contributed by atoms with Crippen LogP contribution >= 0.6 is 0 Å². The molecular weight excluding hydrogens is 152 g/mol. The second-order valence-corrected chi connectivity index (χ2v) is 2.86. The highest BCUT2D eigenvalue weighted by atomic mass is 19.3. The van der Waals surface area contributed by atoms with Crippen molar-refractivity contribution >= 4 is 0 Å². The van der Waals surface area contributed by atoms with Crippen molar-refractivity contribution in [2.75, 3.05) is 13.2 Å². The number of rotatable bonds is 2. The van der Waals surface area contributed by atoms with E-state index in [1.54, 1.807) is 0 Å². The Morgan fingerprint density at radius 2 is 1.82 bits per heavy atom. The van der Waals surface area contributed by atoms with Crippen LogP contribution in [0.5, 0.6) is 0 Å². The summed E-state index contributed by atoms with van der Waals surface area (Å²) in [6, 6.07) is -0.959. The van der Waals surface area contributed by atoms with Crippen LogP contribution in [0.15, 0.2) is 0 Å². The van der Waals surface area contributed by atoms with Crippen molar-refractivity contribution in [3.63, 3.8) is 0 Å². The van der Waals surface area contributed by atoms with Crippen molar-refractivity contribution in [3.05, 3.63) is 0 Å². The van der Waals surface area contributed by atoms with Gasteiger partial charge in [0.15, 0.2) is 0 Å². The molecule has 66 valence electrons. The number of alkyl halides is 2. The minimum atomic E-state index is -2.39. The maximum atomic E-state index is 12.0. The summed E-state index contributed by atoms with van der Waals surface area (Å²) in [5, 5.41) is 0. The van der Waals surface area contributed by atoms with E-state index >= 15 is 0 Å². The second-order valence-electron chi connectivity index (χ2n) is 2.86. The summed E-state index contributed by atoms with van der Waals surface area (Å²) in [4.78, 5) is 0. The fourth-order valence-corrected chi connectivity index (χ4v) is 1.31. The number of nitrogens with two attached hydrogens (primary N) is 1. The Hall–Kier alpha value is -0.220. The Morgan fingerprint density at radius 1 is 1.27 bits per heavy atom. The van der Waals surface area contributed by atoms with Gasteiger partial charge in [-0.1, -0.05) is 0 Å². The lowest BCUT2D eigenvalue weighted by atomic mass is 9.93. The summed E-state index contributed by atoms with van der Waals surface area (Å²) in [5.74, 6) is -0.0521. The van der Waals surface area contributed by atoms with Crippen LogP contribution in [-0.2, 0) is 4.74 Å². The molecule has 0 aromatic carbocycles. The van der Waals surface area contributed by atoms with E-state index in [1.807, 2.05) is 0 Å². The maximum absolute atomic E-state index is 12.0. The van der Waals surface area contributed by atoms with E-state index in [9.17, 15) is 8.78 Å². The molecule has 1 fully saturated rings. The summed E-state index contributed by atoms with van der Waals surface area (Å²) >= 11 is 0. The molecule has 1 heterocycles. The van der Waals surface area contributed by atoms with Crippen LogP contribution in [0.1, 0.15) is 12.8 Å². The lowest BCUT2D eigenvalue weighted by molar-refractivity contribution is 0.0209. The van der Waals surface area contributed by atoms with E-state index in [0.717, 1.165) is 0 Å². The van der Waals surface area contributed by atoms with Gasteiger partial charge in [-0.2, -0.15) is 0 Å². The lowest BCUT2D eigenvalue weighted by Crippen LogP contribution is -2.39. The summed E-state index contributed by atoms with van der Waals surface area (Å²) in [6.07, 6.45) is -1.05. The Morgan fingerprint density at radius 3 is 2.27 bits per heavy atom. The van der Waals surface area contributed by atoms with Crippen LogP contribution in [0.4, 0.5) is 8.78 Å². The number of ether oxygens (including phenoxy) is 1. The molecule has 11 heavy (non-hydrogen) atoms. The Kier molecular flexibility index (Phi) is 3.20. The van der Waals surface area contributed by atoms with E-state index in [-0.39, 0.29) is 5.92 Å². The highest BCUT2D eigenvalue weighted by molar-refractivity contribution is 4.76. The third-order valence-corrected chi connectivity index (χ3v) is 2.10. The maximum Gasteiger partial charge on any atom is 0.253 e. The average Bonchev–Trinajstić information content (AvgIpc) is 2.05. The molecule has 0 bridgehead atoms. The molecule has 0 spiro atoms. The molecule has 0 radical (unpaired) electrons. The molecule has 0 amide bonds. The molecule has 0 unspecified atom stereocenters. The normalized spacial score (nSPS) is 24.0. The predicted molar refractivity (Wildman–Crippen MR) is 37.5 cm³/mol. The minimum Gasteiger partial charge on any atom is -0.381 e. The van der Waals surface area contributed by atoms with Gasteiger partial charge in [0.2, 0.25) is 0 Å². The SMILES string of the molecule is N[C@H](C(F)F)C1CCOCC1. The zero-order valence-electron chi connectivity index (χ0n) is 6.30. The molecule has 0 saturated carbocycles. The summed E-state index contributed by atoms with van der Waals surface area (Å²) in [5.41, 5.74) is 5.29. The van der Waals surface area contributed by atoms with Gasteiger partial charge in [-0.05, 0) is 18.8 Å². The number of hydrogen-bond acceptors (Lipinski definition) is 2. The Labute approximate surface area is 64.7 Å². The van der Waals surface area contributed by atoms with Crippen molar-refractivity contribution < 1.29 is 13.5 Å². The van der Waals surface area contributed by atoms with Crippen molar-refractivity contribution in [1.82, 2.24) is 0 Å². The monoisotopic (exact) mass is 165 g/mol. The third kappa shape index (κ3) is 2.38. The van der Waals surface area contributed by atoms with Gasteiger partial charge >= 0.3 is 0 Å². The summed E-state index contributed by atoms with van der Waals surface area (Å²) in [6.45, 7) is 1.15. The van der Waals surface area contributed by atoms with Gasteiger partial charge in [0.05, 0.1) is 6.04 Å².